The molecule has 0 saturated carbocycles. The molecule has 6 heteroatoms. The molecule has 1 amide bonds. The maximum atomic E-state index is 11.4. The molecular weight excluding hydrogens is 212 g/mol. The summed E-state index contributed by atoms with van der Waals surface area (Å²) < 4.78 is 4.84. The molecule has 1 aromatic rings. The molecule has 0 aliphatic rings. The highest BCUT2D eigenvalue weighted by Crippen LogP contribution is 2.12. The van der Waals surface area contributed by atoms with Gasteiger partial charge in [0.15, 0.2) is 0 Å². The molecule has 1 heterocycles. The summed E-state index contributed by atoms with van der Waals surface area (Å²) in [6.07, 6.45) is 1.39. The second-order valence-corrected chi connectivity index (χ2v) is 3.14. The summed E-state index contributed by atoms with van der Waals surface area (Å²) in [6, 6.07) is 3.15. The number of ether oxygens (including phenoxy) is 1. The highest BCUT2D eigenvalue weighted by atomic mass is 16.5. The highest BCUT2D eigenvalue weighted by Gasteiger charge is 2.20. The predicted molar refractivity (Wildman–Crippen MR) is 56.2 cm³/mol. The Morgan fingerprint density at radius 2 is 2.19 bits per heavy atom. The number of nitrogens with zero attached hydrogens (tertiary/aromatic N) is 1. The van der Waals surface area contributed by atoms with Crippen LogP contribution in [-0.2, 0) is 9.59 Å². The maximum absolute atomic E-state index is 11.4. The fourth-order valence-electron chi connectivity index (χ4n) is 0.938. The van der Waals surface area contributed by atoms with E-state index in [4.69, 9.17) is 9.84 Å². The zero-order chi connectivity index (χ0) is 12.1. The lowest BCUT2D eigenvalue weighted by Crippen LogP contribution is -2.26. The summed E-state index contributed by atoms with van der Waals surface area (Å²) in [7, 11) is 1.48. The van der Waals surface area contributed by atoms with Crippen molar-refractivity contribution in [2.75, 3.05) is 12.4 Å². The van der Waals surface area contributed by atoms with E-state index < -0.39 is 17.8 Å². The average molecular weight is 224 g/mol. The van der Waals surface area contributed by atoms with E-state index in [1.165, 1.54) is 20.2 Å². The highest BCUT2D eigenvalue weighted by molar-refractivity contribution is 6.03. The third-order valence-electron chi connectivity index (χ3n) is 1.98. The van der Waals surface area contributed by atoms with E-state index in [2.05, 4.69) is 10.3 Å². The molecule has 0 fully saturated rings. The van der Waals surface area contributed by atoms with Gasteiger partial charge in [-0.05, 0) is 13.0 Å². The Balaban J connectivity index is 2.66. The quantitative estimate of drug-likeness (QED) is 0.737. The van der Waals surface area contributed by atoms with Crippen LogP contribution >= 0.6 is 0 Å². The molecule has 2 N–H and O–H groups in total. The summed E-state index contributed by atoms with van der Waals surface area (Å²) in [6.45, 7) is 1.31. The largest absolute Gasteiger partial charge is 0.481 e. The monoisotopic (exact) mass is 224 g/mol. The van der Waals surface area contributed by atoms with Crippen LogP contribution in [0, 0.1) is 5.92 Å². The van der Waals surface area contributed by atoms with Crippen molar-refractivity contribution in [2.45, 2.75) is 6.92 Å². The van der Waals surface area contributed by atoms with Crippen molar-refractivity contribution in [3.8, 4) is 5.88 Å². The molecule has 1 unspecified atom stereocenters. The Labute approximate surface area is 92.3 Å². The number of hydrogen-bond acceptors (Lipinski definition) is 4. The first-order valence-corrected chi connectivity index (χ1v) is 4.58. The second kappa shape index (κ2) is 5.11. The van der Waals surface area contributed by atoms with Gasteiger partial charge in [-0.3, -0.25) is 9.59 Å². The summed E-state index contributed by atoms with van der Waals surface area (Å²) in [5.41, 5.74) is 0.430. The lowest BCUT2D eigenvalue weighted by molar-refractivity contribution is -0.144. The molecule has 0 saturated heterocycles. The van der Waals surface area contributed by atoms with Gasteiger partial charge >= 0.3 is 5.97 Å². The standard InChI is InChI=1S/C10H12N2O4/c1-6(10(14)15)9(13)12-7-3-4-8(16-2)11-5-7/h3-6H,1-2H3,(H,12,13)(H,14,15). The van der Waals surface area contributed by atoms with Gasteiger partial charge in [-0.15, -0.1) is 0 Å². The van der Waals surface area contributed by atoms with Crippen LogP contribution in [0.15, 0.2) is 18.3 Å². The molecule has 0 aliphatic carbocycles. The van der Waals surface area contributed by atoms with Crippen molar-refractivity contribution < 1.29 is 19.4 Å². The molecule has 1 atom stereocenters. The van der Waals surface area contributed by atoms with Crippen LogP contribution in [0.3, 0.4) is 0 Å². The second-order valence-electron chi connectivity index (χ2n) is 3.14. The first-order chi connectivity index (χ1) is 7.54. The van der Waals surface area contributed by atoms with E-state index in [1.54, 1.807) is 12.1 Å². The molecule has 0 radical (unpaired) electrons. The van der Waals surface area contributed by atoms with Gasteiger partial charge in [-0.1, -0.05) is 0 Å². The number of rotatable bonds is 4. The number of carbonyl (C=O) groups is 2. The fraction of sp³-hybridized carbons (Fsp3) is 0.300. The minimum absolute atomic E-state index is 0.421. The van der Waals surface area contributed by atoms with Crippen LogP contribution in [0.25, 0.3) is 0 Å². The van der Waals surface area contributed by atoms with E-state index >= 15 is 0 Å². The first kappa shape index (κ1) is 12.0. The molecule has 0 aromatic carbocycles. The van der Waals surface area contributed by atoms with Crippen molar-refractivity contribution in [3.63, 3.8) is 0 Å². The predicted octanol–water partition coefficient (Wildman–Crippen LogP) is 0.749. The van der Waals surface area contributed by atoms with Crippen molar-refractivity contribution in [1.29, 1.82) is 0 Å². The smallest absolute Gasteiger partial charge is 0.315 e. The van der Waals surface area contributed by atoms with E-state index in [1.807, 2.05) is 0 Å². The van der Waals surface area contributed by atoms with Gasteiger partial charge in [0.2, 0.25) is 11.8 Å². The fourth-order valence-corrected chi connectivity index (χ4v) is 0.938. The molecule has 16 heavy (non-hydrogen) atoms. The number of amides is 1. The van der Waals surface area contributed by atoms with Gasteiger partial charge in [-0.2, -0.15) is 0 Å². The Hall–Kier alpha value is -2.11. The van der Waals surface area contributed by atoms with Gasteiger partial charge in [0.25, 0.3) is 0 Å². The molecule has 6 nitrogen and oxygen atoms in total. The van der Waals surface area contributed by atoms with Crippen molar-refractivity contribution in [3.05, 3.63) is 18.3 Å². The average Bonchev–Trinajstić information content (AvgIpc) is 2.28. The number of hydrogen-bond donors (Lipinski definition) is 2. The van der Waals surface area contributed by atoms with Crippen LogP contribution in [0.5, 0.6) is 5.88 Å². The number of aromatic nitrogens is 1. The number of nitrogens with one attached hydrogen (secondary N) is 1. The zero-order valence-corrected chi connectivity index (χ0v) is 8.93. The topological polar surface area (TPSA) is 88.5 Å². The van der Waals surface area contributed by atoms with E-state index in [0.717, 1.165) is 0 Å². The van der Waals surface area contributed by atoms with Crippen molar-refractivity contribution >= 4 is 17.6 Å². The summed E-state index contributed by atoms with van der Waals surface area (Å²) in [5.74, 6) is -2.43. The number of methoxy groups -OCH3 is 1. The molecule has 0 spiro atoms. The van der Waals surface area contributed by atoms with E-state index in [-0.39, 0.29) is 0 Å². The van der Waals surface area contributed by atoms with Crippen LogP contribution in [0.4, 0.5) is 5.69 Å². The first-order valence-electron chi connectivity index (χ1n) is 4.58. The van der Waals surface area contributed by atoms with Gasteiger partial charge in [0, 0.05) is 6.07 Å². The van der Waals surface area contributed by atoms with Crippen LogP contribution in [-0.4, -0.2) is 29.1 Å². The van der Waals surface area contributed by atoms with Crippen molar-refractivity contribution in [2.24, 2.45) is 5.92 Å². The number of carbonyl (C=O) groups excluding carboxylic acids is 1. The minimum Gasteiger partial charge on any atom is -0.481 e. The molecule has 0 bridgehead atoms. The number of anilines is 1. The Kier molecular flexibility index (Phi) is 3.82. The third kappa shape index (κ3) is 2.94. The summed E-state index contributed by atoms with van der Waals surface area (Å²) in [4.78, 5) is 25.8. The number of pyridine rings is 1. The lowest BCUT2D eigenvalue weighted by Gasteiger charge is -2.08. The Bertz CT molecular complexity index is 388. The van der Waals surface area contributed by atoms with Crippen molar-refractivity contribution in [1.82, 2.24) is 4.98 Å². The van der Waals surface area contributed by atoms with E-state index in [9.17, 15) is 9.59 Å². The van der Waals surface area contributed by atoms with Crippen LogP contribution in [0.2, 0.25) is 0 Å². The Morgan fingerprint density at radius 3 is 2.62 bits per heavy atom. The summed E-state index contributed by atoms with van der Waals surface area (Å²) in [5, 5.41) is 11.1. The van der Waals surface area contributed by atoms with Gasteiger partial charge in [-0.25, -0.2) is 4.98 Å². The normalized spacial score (nSPS) is 11.6. The minimum atomic E-state index is -1.17. The number of carboxylic acid groups (broad SMARTS) is 1. The van der Waals surface area contributed by atoms with Gasteiger partial charge in [0.1, 0.15) is 5.92 Å². The van der Waals surface area contributed by atoms with Crippen LogP contribution < -0.4 is 10.1 Å². The van der Waals surface area contributed by atoms with E-state index in [0.29, 0.717) is 11.6 Å². The molecular formula is C10H12N2O4. The molecule has 1 aromatic heterocycles. The zero-order valence-electron chi connectivity index (χ0n) is 8.93. The molecule has 0 aliphatic heterocycles. The third-order valence-corrected chi connectivity index (χ3v) is 1.98. The maximum Gasteiger partial charge on any atom is 0.315 e. The molecule has 1 rings (SSSR count). The lowest BCUT2D eigenvalue weighted by atomic mass is 10.1. The number of aliphatic carboxylic acids is 1. The van der Waals surface area contributed by atoms with Gasteiger partial charge in [0.05, 0.1) is 19.0 Å². The van der Waals surface area contributed by atoms with Crippen LogP contribution in [0.1, 0.15) is 6.92 Å². The molecule has 86 valence electrons. The SMILES string of the molecule is COc1ccc(NC(=O)C(C)C(=O)O)cn1. The Morgan fingerprint density at radius 1 is 1.50 bits per heavy atom. The van der Waals surface area contributed by atoms with Gasteiger partial charge < -0.3 is 15.2 Å². The summed E-state index contributed by atoms with van der Waals surface area (Å²) >= 11 is 0. The number of carboxylic acids is 1.